The molecule has 0 aliphatic carbocycles. The number of hydrogen-bond donors (Lipinski definition) is 2. The predicted molar refractivity (Wildman–Crippen MR) is 80.3 cm³/mol. The summed E-state index contributed by atoms with van der Waals surface area (Å²) < 4.78 is 0. The van der Waals surface area contributed by atoms with Crippen molar-refractivity contribution in [3.05, 3.63) is 34.9 Å². The van der Waals surface area contributed by atoms with Crippen LogP contribution in [0.25, 0.3) is 0 Å². The van der Waals surface area contributed by atoms with E-state index in [1.165, 1.54) is 0 Å². The minimum Gasteiger partial charge on any atom is -0.352 e. The monoisotopic (exact) mass is 282 g/mol. The highest BCUT2D eigenvalue weighted by molar-refractivity contribution is 6.30. The Balaban J connectivity index is 2.60. The lowest BCUT2D eigenvalue weighted by atomic mass is 9.92. The molecule has 0 saturated carbocycles. The molecule has 0 aromatic heterocycles. The Kier molecular flexibility index (Phi) is 5.83. The summed E-state index contributed by atoms with van der Waals surface area (Å²) in [5, 5.41) is 3.70. The zero-order chi connectivity index (χ0) is 14.5. The van der Waals surface area contributed by atoms with Crippen LogP contribution >= 0.6 is 11.6 Å². The normalized spacial score (nSPS) is 13.1. The molecular weight excluding hydrogens is 260 g/mol. The van der Waals surface area contributed by atoms with Gasteiger partial charge in [0, 0.05) is 11.1 Å². The molecule has 1 atom stereocenters. The highest BCUT2D eigenvalue weighted by Crippen LogP contribution is 2.14. The highest BCUT2D eigenvalue weighted by atomic mass is 35.5. The van der Waals surface area contributed by atoms with Crippen molar-refractivity contribution >= 4 is 17.5 Å². The Bertz CT molecular complexity index is 430. The summed E-state index contributed by atoms with van der Waals surface area (Å²) in [5.41, 5.74) is 6.42. The van der Waals surface area contributed by atoms with E-state index in [0.29, 0.717) is 17.9 Å². The summed E-state index contributed by atoms with van der Waals surface area (Å²) >= 11 is 5.94. The third kappa shape index (κ3) is 4.51. The molecular formula is C15H23ClN2O. The molecule has 3 N–H and O–H groups in total. The van der Waals surface area contributed by atoms with Gasteiger partial charge in [0.15, 0.2) is 0 Å². The van der Waals surface area contributed by atoms with Crippen LogP contribution in [0, 0.1) is 0 Å². The van der Waals surface area contributed by atoms with Gasteiger partial charge in [-0.1, -0.05) is 37.6 Å². The number of hydrogen-bond acceptors (Lipinski definition) is 2. The van der Waals surface area contributed by atoms with E-state index in [-0.39, 0.29) is 11.9 Å². The minimum absolute atomic E-state index is 0.0343. The van der Waals surface area contributed by atoms with Crippen LogP contribution in [0.5, 0.6) is 0 Å². The molecule has 0 bridgehead atoms. The standard InChI is InChI=1S/C15H23ClN2O/c1-4-15(17,5-2)14(19)18-11(3)9-12-7-6-8-13(16)10-12/h6-8,10-11H,4-5,9,17H2,1-3H3,(H,18,19). The summed E-state index contributed by atoms with van der Waals surface area (Å²) in [6.45, 7) is 5.85. The maximum atomic E-state index is 12.1. The molecule has 0 radical (unpaired) electrons. The average Bonchev–Trinajstić information content (AvgIpc) is 2.37. The zero-order valence-electron chi connectivity index (χ0n) is 11.9. The Labute approximate surface area is 120 Å². The summed E-state index contributed by atoms with van der Waals surface area (Å²) in [6, 6.07) is 7.71. The first-order valence-electron chi connectivity index (χ1n) is 6.75. The van der Waals surface area contributed by atoms with Gasteiger partial charge in [-0.2, -0.15) is 0 Å². The maximum Gasteiger partial charge on any atom is 0.240 e. The molecule has 0 aliphatic heterocycles. The van der Waals surface area contributed by atoms with Crippen molar-refractivity contribution in [2.24, 2.45) is 5.73 Å². The maximum absolute atomic E-state index is 12.1. The molecule has 1 unspecified atom stereocenters. The van der Waals surface area contributed by atoms with Crippen LogP contribution in [0.15, 0.2) is 24.3 Å². The van der Waals surface area contributed by atoms with Crippen LogP contribution in [-0.4, -0.2) is 17.5 Å². The number of nitrogens with one attached hydrogen (secondary N) is 1. The Morgan fingerprint density at radius 3 is 2.58 bits per heavy atom. The topological polar surface area (TPSA) is 55.1 Å². The summed E-state index contributed by atoms with van der Waals surface area (Å²) in [4.78, 5) is 12.1. The summed E-state index contributed by atoms with van der Waals surface area (Å²) in [5.74, 6) is -0.0768. The molecule has 1 amide bonds. The van der Waals surface area contributed by atoms with Gasteiger partial charge in [0.25, 0.3) is 0 Å². The molecule has 1 rings (SSSR count). The van der Waals surface area contributed by atoms with Crippen molar-refractivity contribution in [3.63, 3.8) is 0 Å². The number of halogens is 1. The van der Waals surface area contributed by atoms with E-state index in [2.05, 4.69) is 5.32 Å². The minimum atomic E-state index is -0.761. The van der Waals surface area contributed by atoms with Crippen molar-refractivity contribution in [2.45, 2.75) is 51.6 Å². The molecule has 0 saturated heterocycles. The third-order valence-electron chi connectivity index (χ3n) is 3.52. The first-order valence-corrected chi connectivity index (χ1v) is 7.13. The van der Waals surface area contributed by atoms with Gasteiger partial charge in [-0.05, 0) is 43.9 Å². The number of amides is 1. The van der Waals surface area contributed by atoms with Crippen molar-refractivity contribution in [3.8, 4) is 0 Å². The molecule has 4 heteroatoms. The lowest BCUT2D eigenvalue weighted by molar-refractivity contribution is -0.127. The van der Waals surface area contributed by atoms with Gasteiger partial charge in [0.05, 0.1) is 5.54 Å². The third-order valence-corrected chi connectivity index (χ3v) is 3.76. The molecule has 0 aliphatic rings. The molecule has 3 nitrogen and oxygen atoms in total. The van der Waals surface area contributed by atoms with Crippen LogP contribution in [-0.2, 0) is 11.2 Å². The second-order valence-corrected chi connectivity index (χ2v) is 5.51. The SMILES string of the molecule is CCC(N)(CC)C(=O)NC(C)Cc1cccc(Cl)c1. The fourth-order valence-electron chi connectivity index (χ4n) is 2.01. The largest absolute Gasteiger partial charge is 0.352 e. The highest BCUT2D eigenvalue weighted by Gasteiger charge is 2.30. The van der Waals surface area contributed by atoms with E-state index >= 15 is 0 Å². The van der Waals surface area contributed by atoms with Gasteiger partial charge in [0.2, 0.25) is 5.91 Å². The first-order chi connectivity index (χ1) is 8.91. The fraction of sp³-hybridized carbons (Fsp3) is 0.533. The second kappa shape index (κ2) is 6.92. The number of benzene rings is 1. The fourth-order valence-corrected chi connectivity index (χ4v) is 2.22. The van der Waals surface area contributed by atoms with Crippen LogP contribution < -0.4 is 11.1 Å². The van der Waals surface area contributed by atoms with Gasteiger partial charge in [-0.25, -0.2) is 0 Å². The van der Waals surface area contributed by atoms with Gasteiger partial charge in [-0.3, -0.25) is 4.79 Å². The van der Waals surface area contributed by atoms with Gasteiger partial charge >= 0.3 is 0 Å². The molecule has 1 aromatic rings. The molecule has 0 fully saturated rings. The Morgan fingerprint density at radius 2 is 2.05 bits per heavy atom. The number of carbonyl (C=O) groups is 1. The second-order valence-electron chi connectivity index (χ2n) is 5.07. The van der Waals surface area contributed by atoms with Crippen LogP contribution in [0.4, 0.5) is 0 Å². The van der Waals surface area contributed by atoms with E-state index in [0.717, 1.165) is 12.0 Å². The van der Waals surface area contributed by atoms with Gasteiger partial charge in [0.1, 0.15) is 0 Å². The predicted octanol–water partition coefficient (Wildman–Crippen LogP) is 2.90. The number of nitrogens with two attached hydrogens (primary N) is 1. The molecule has 0 spiro atoms. The lowest BCUT2D eigenvalue weighted by Gasteiger charge is -2.27. The van der Waals surface area contributed by atoms with Gasteiger partial charge in [-0.15, -0.1) is 0 Å². The van der Waals surface area contributed by atoms with Crippen LogP contribution in [0.1, 0.15) is 39.2 Å². The van der Waals surface area contributed by atoms with Crippen molar-refractivity contribution in [2.75, 3.05) is 0 Å². The lowest BCUT2D eigenvalue weighted by Crippen LogP contribution is -2.55. The Hall–Kier alpha value is -1.06. The number of rotatable bonds is 6. The van der Waals surface area contributed by atoms with E-state index in [4.69, 9.17) is 17.3 Å². The van der Waals surface area contributed by atoms with E-state index in [1.54, 1.807) is 0 Å². The summed E-state index contributed by atoms with van der Waals surface area (Å²) in [7, 11) is 0. The zero-order valence-corrected chi connectivity index (χ0v) is 12.6. The van der Waals surface area contributed by atoms with E-state index in [1.807, 2.05) is 45.0 Å². The average molecular weight is 283 g/mol. The quantitative estimate of drug-likeness (QED) is 0.843. The Morgan fingerprint density at radius 1 is 1.42 bits per heavy atom. The molecule has 106 valence electrons. The summed E-state index contributed by atoms with van der Waals surface area (Å²) in [6.07, 6.45) is 2.02. The molecule has 0 heterocycles. The molecule has 19 heavy (non-hydrogen) atoms. The van der Waals surface area contributed by atoms with Gasteiger partial charge < -0.3 is 11.1 Å². The van der Waals surface area contributed by atoms with Crippen LogP contribution in [0.2, 0.25) is 5.02 Å². The van der Waals surface area contributed by atoms with Crippen molar-refractivity contribution < 1.29 is 4.79 Å². The van der Waals surface area contributed by atoms with Crippen molar-refractivity contribution in [1.82, 2.24) is 5.32 Å². The molecule has 1 aromatic carbocycles. The first kappa shape index (κ1) is 16.0. The van der Waals surface area contributed by atoms with Crippen molar-refractivity contribution in [1.29, 1.82) is 0 Å². The van der Waals surface area contributed by atoms with E-state index < -0.39 is 5.54 Å². The number of carbonyl (C=O) groups excluding carboxylic acids is 1. The smallest absolute Gasteiger partial charge is 0.240 e. The van der Waals surface area contributed by atoms with Crippen LogP contribution in [0.3, 0.4) is 0 Å². The van der Waals surface area contributed by atoms with E-state index in [9.17, 15) is 4.79 Å².